The van der Waals surface area contributed by atoms with Crippen LogP contribution in [0.15, 0.2) is 24.3 Å². The Morgan fingerprint density at radius 3 is 2.47 bits per heavy atom. The highest BCUT2D eigenvalue weighted by molar-refractivity contribution is 7.14. The molecule has 0 aliphatic heterocycles. The summed E-state index contributed by atoms with van der Waals surface area (Å²) in [6.07, 6.45) is 0. The standard InChI is InChI=1S/C10H10ClN3S/c1-6(12)9-13-14-10(15-9)7-2-4-8(11)5-3-7/h2-6H,12H2,1H3/t6-/m0/s1. The first-order valence-corrected chi connectivity index (χ1v) is 5.71. The van der Waals surface area contributed by atoms with Gasteiger partial charge in [0.05, 0.1) is 6.04 Å². The lowest BCUT2D eigenvalue weighted by Crippen LogP contribution is -2.03. The highest BCUT2D eigenvalue weighted by Crippen LogP contribution is 2.26. The quantitative estimate of drug-likeness (QED) is 0.877. The van der Waals surface area contributed by atoms with E-state index >= 15 is 0 Å². The molecular weight excluding hydrogens is 230 g/mol. The summed E-state index contributed by atoms with van der Waals surface area (Å²) in [5.74, 6) is 0. The first kappa shape index (κ1) is 10.5. The molecule has 1 aromatic carbocycles. The molecule has 15 heavy (non-hydrogen) atoms. The molecule has 2 rings (SSSR count). The van der Waals surface area contributed by atoms with Crippen LogP contribution >= 0.6 is 22.9 Å². The summed E-state index contributed by atoms with van der Waals surface area (Å²) in [5, 5.41) is 10.5. The van der Waals surface area contributed by atoms with Crippen molar-refractivity contribution in [3.05, 3.63) is 34.3 Å². The molecule has 0 aliphatic carbocycles. The molecule has 0 unspecified atom stereocenters. The maximum atomic E-state index is 5.80. The fraction of sp³-hybridized carbons (Fsp3) is 0.200. The summed E-state index contributed by atoms with van der Waals surface area (Å²) < 4.78 is 0. The molecule has 0 saturated heterocycles. The molecule has 0 fully saturated rings. The molecule has 0 spiro atoms. The van der Waals surface area contributed by atoms with Gasteiger partial charge in [-0.15, -0.1) is 10.2 Å². The normalized spacial score (nSPS) is 12.7. The molecule has 1 heterocycles. The number of hydrogen-bond acceptors (Lipinski definition) is 4. The molecule has 2 aromatic rings. The predicted molar refractivity (Wildman–Crippen MR) is 63.0 cm³/mol. The van der Waals surface area contributed by atoms with Crippen molar-refractivity contribution in [1.29, 1.82) is 0 Å². The summed E-state index contributed by atoms with van der Waals surface area (Å²) in [5.41, 5.74) is 6.73. The van der Waals surface area contributed by atoms with E-state index in [-0.39, 0.29) is 6.04 Å². The molecule has 0 aliphatic rings. The summed E-state index contributed by atoms with van der Waals surface area (Å²) in [6.45, 7) is 1.89. The maximum Gasteiger partial charge on any atom is 0.147 e. The van der Waals surface area contributed by atoms with Gasteiger partial charge >= 0.3 is 0 Å². The zero-order valence-electron chi connectivity index (χ0n) is 8.14. The van der Waals surface area contributed by atoms with Crippen molar-refractivity contribution in [2.24, 2.45) is 5.73 Å². The summed E-state index contributed by atoms with van der Waals surface area (Å²) in [6, 6.07) is 7.46. The van der Waals surface area contributed by atoms with E-state index in [4.69, 9.17) is 17.3 Å². The van der Waals surface area contributed by atoms with Crippen molar-refractivity contribution in [2.45, 2.75) is 13.0 Å². The third-order valence-corrected chi connectivity index (χ3v) is 3.35. The van der Waals surface area contributed by atoms with Gasteiger partial charge in [0.1, 0.15) is 10.0 Å². The zero-order valence-corrected chi connectivity index (χ0v) is 9.72. The van der Waals surface area contributed by atoms with Gasteiger partial charge in [-0.05, 0) is 19.1 Å². The maximum absolute atomic E-state index is 5.80. The highest BCUT2D eigenvalue weighted by atomic mass is 35.5. The van der Waals surface area contributed by atoms with E-state index in [9.17, 15) is 0 Å². The van der Waals surface area contributed by atoms with Crippen molar-refractivity contribution in [2.75, 3.05) is 0 Å². The Labute approximate surface area is 96.9 Å². The second-order valence-electron chi connectivity index (χ2n) is 3.24. The Hall–Kier alpha value is -0.970. The van der Waals surface area contributed by atoms with Gasteiger partial charge in [0.25, 0.3) is 0 Å². The molecular formula is C10H10ClN3S. The Bertz CT molecular complexity index is 450. The topological polar surface area (TPSA) is 51.8 Å². The van der Waals surface area contributed by atoms with E-state index in [1.165, 1.54) is 11.3 Å². The average molecular weight is 240 g/mol. The van der Waals surface area contributed by atoms with Gasteiger partial charge in [0.15, 0.2) is 0 Å². The summed E-state index contributed by atoms with van der Waals surface area (Å²) >= 11 is 7.31. The molecule has 5 heteroatoms. The first-order chi connectivity index (χ1) is 7.16. The van der Waals surface area contributed by atoms with E-state index in [0.717, 1.165) is 20.6 Å². The van der Waals surface area contributed by atoms with E-state index in [0.29, 0.717) is 0 Å². The Morgan fingerprint density at radius 2 is 1.93 bits per heavy atom. The van der Waals surface area contributed by atoms with Gasteiger partial charge in [-0.2, -0.15) is 0 Å². The second kappa shape index (κ2) is 4.26. The second-order valence-corrected chi connectivity index (χ2v) is 4.69. The number of benzene rings is 1. The largest absolute Gasteiger partial charge is 0.322 e. The smallest absolute Gasteiger partial charge is 0.147 e. The highest BCUT2D eigenvalue weighted by Gasteiger charge is 2.09. The lowest BCUT2D eigenvalue weighted by Gasteiger charge is -1.96. The molecule has 0 saturated carbocycles. The van der Waals surface area contributed by atoms with Crippen molar-refractivity contribution < 1.29 is 0 Å². The minimum Gasteiger partial charge on any atom is -0.322 e. The van der Waals surface area contributed by atoms with Crippen LogP contribution in [0.3, 0.4) is 0 Å². The van der Waals surface area contributed by atoms with Crippen molar-refractivity contribution in [3.8, 4) is 10.6 Å². The van der Waals surface area contributed by atoms with Gasteiger partial charge in [0, 0.05) is 10.6 Å². The van der Waals surface area contributed by atoms with Gasteiger partial charge < -0.3 is 5.73 Å². The molecule has 1 aromatic heterocycles. The number of aromatic nitrogens is 2. The zero-order chi connectivity index (χ0) is 10.8. The fourth-order valence-electron chi connectivity index (χ4n) is 1.13. The van der Waals surface area contributed by atoms with Crippen LogP contribution in [0.1, 0.15) is 18.0 Å². The van der Waals surface area contributed by atoms with Crippen molar-refractivity contribution >= 4 is 22.9 Å². The van der Waals surface area contributed by atoms with Crippen LogP contribution in [-0.2, 0) is 0 Å². The predicted octanol–water partition coefficient (Wildman–Crippen LogP) is 2.88. The molecule has 78 valence electrons. The number of hydrogen-bond donors (Lipinski definition) is 1. The molecule has 0 amide bonds. The number of rotatable bonds is 2. The molecule has 2 N–H and O–H groups in total. The van der Waals surface area contributed by atoms with Crippen molar-refractivity contribution in [3.63, 3.8) is 0 Å². The minimum atomic E-state index is -0.0662. The van der Waals surface area contributed by atoms with Crippen molar-refractivity contribution in [1.82, 2.24) is 10.2 Å². The van der Waals surface area contributed by atoms with Crippen LogP contribution < -0.4 is 5.73 Å². The van der Waals surface area contributed by atoms with Gasteiger partial charge in [-0.3, -0.25) is 0 Å². The van der Waals surface area contributed by atoms with Gasteiger partial charge in [0.2, 0.25) is 0 Å². The number of nitrogens with two attached hydrogens (primary N) is 1. The van der Waals surface area contributed by atoms with E-state index in [1.807, 2.05) is 31.2 Å². The summed E-state index contributed by atoms with van der Waals surface area (Å²) in [4.78, 5) is 0. The fourth-order valence-corrected chi connectivity index (χ4v) is 2.05. The van der Waals surface area contributed by atoms with Gasteiger partial charge in [-0.25, -0.2) is 0 Å². The van der Waals surface area contributed by atoms with Gasteiger partial charge in [-0.1, -0.05) is 35.1 Å². The van der Waals surface area contributed by atoms with Crippen LogP contribution in [-0.4, -0.2) is 10.2 Å². The van der Waals surface area contributed by atoms with E-state index in [2.05, 4.69) is 10.2 Å². The number of nitrogens with zero attached hydrogens (tertiary/aromatic N) is 2. The Morgan fingerprint density at radius 1 is 1.27 bits per heavy atom. The average Bonchev–Trinajstić information content (AvgIpc) is 2.68. The minimum absolute atomic E-state index is 0.0662. The lowest BCUT2D eigenvalue weighted by molar-refractivity contribution is 0.786. The molecule has 1 atom stereocenters. The third kappa shape index (κ3) is 2.34. The van der Waals surface area contributed by atoms with Crippen LogP contribution in [0, 0.1) is 0 Å². The SMILES string of the molecule is C[C@H](N)c1nnc(-c2ccc(Cl)cc2)s1. The Kier molecular flexibility index (Phi) is 3.00. The molecule has 3 nitrogen and oxygen atoms in total. The molecule has 0 radical (unpaired) electrons. The summed E-state index contributed by atoms with van der Waals surface area (Å²) in [7, 11) is 0. The van der Waals surface area contributed by atoms with Crippen LogP contribution in [0.5, 0.6) is 0 Å². The Balaban J connectivity index is 2.33. The number of halogens is 1. The van der Waals surface area contributed by atoms with E-state index in [1.54, 1.807) is 0 Å². The third-order valence-electron chi connectivity index (χ3n) is 1.92. The van der Waals surface area contributed by atoms with Crippen LogP contribution in [0.25, 0.3) is 10.6 Å². The van der Waals surface area contributed by atoms with Crippen LogP contribution in [0.2, 0.25) is 5.02 Å². The monoisotopic (exact) mass is 239 g/mol. The molecule has 0 bridgehead atoms. The van der Waals surface area contributed by atoms with E-state index < -0.39 is 0 Å². The lowest BCUT2D eigenvalue weighted by atomic mass is 10.2. The van der Waals surface area contributed by atoms with Crippen LogP contribution in [0.4, 0.5) is 0 Å². The first-order valence-electron chi connectivity index (χ1n) is 4.52.